The summed E-state index contributed by atoms with van der Waals surface area (Å²) in [6, 6.07) is 11.0. The molecular weight excluding hydrogens is 356 g/mol. The Balaban J connectivity index is 1.53. The smallest absolute Gasteiger partial charge is 0.275 e. The predicted molar refractivity (Wildman–Crippen MR) is 105 cm³/mol. The van der Waals surface area contributed by atoms with Crippen molar-refractivity contribution in [3.05, 3.63) is 70.4 Å². The van der Waals surface area contributed by atoms with Crippen LogP contribution < -0.4 is 5.56 Å². The van der Waals surface area contributed by atoms with Crippen LogP contribution in [0.1, 0.15) is 28.9 Å². The molecular formula is C21H22N4O3. The molecule has 1 unspecified atom stereocenters. The zero-order chi connectivity index (χ0) is 19.5. The number of benzene rings is 1. The molecule has 1 atom stereocenters. The number of rotatable bonds is 4. The van der Waals surface area contributed by atoms with Gasteiger partial charge in [-0.3, -0.25) is 14.6 Å². The first kappa shape index (κ1) is 18.3. The number of ether oxygens (including phenoxy) is 1. The van der Waals surface area contributed by atoms with E-state index in [0.29, 0.717) is 36.2 Å². The molecule has 7 nitrogen and oxygen atoms in total. The fourth-order valence-corrected chi connectivity index (χ4v) is 3.56. The fourth-order valence-electron chi connectivity index (χ4n) is 3.56. The second kappa shape index (κ2) is 7.90. The lowest BCUT2D eigenvalue weighted by Gasteiger charge is -2.32. The first-order valence-electron chi connectivity index (χ1n) is 9.39. The minimum Gasteiger partial charge on any atom is -0.372 e. The Labute approximate surface area is 162 Å². The number of aryl methyl sites for hydroxylation is 1. The van der Waals surface area contributed by atoms with E-state index in [9.17, 15) is 9.59 Å². The molecule has 3 aromatic rings. The van der Waals surface area contributed by atoms with Gasteiger partial charge in [0.05, 0.1) is 18.1 Å². The SMILES string of the molecule is Cn1nc(C(=O)N2CCCC(OCc3cccnc3)C2)c2ccccc2c1=O. The highest BCUT2D eigenvalue weighted by molar-refractivity contribution is 6.04. The van der Waals surface area contributed by atoms with Crippen LogP contribution in [0.5, 0.6) is 0 Å². The summed E-state index contributed by atoms with van der Waals surface area (Å²) in [6.07, 6.45) is 5.26. The maximum absolute atomic E-state index is 13.2. The molecule has 144 valence electrons. The van der Waals surface area contributed by atoms with Gasteiger partial charge in [0.25, 0.3) is 11.5 Å². The van der Waals surface area contributed by atoms with Crippen LogP contribution in [0.3, 0.4) is 0 Å². The maximum atomic E-state index is 13.2. The zero-order valence-corrected chi connectivity index (χ0v) is 15.7. The largest absolute Gasteiger partial charge is 0.372 e. The quantitative estimate of drug-likeness (QED) is 0.695. The highest BCUT2D eigenvalue weighted by Gasteiger charge is 2.27. The number of carbonyl (C=O) groups excluding carboxylic acids is 1. The lowest BCUT2D eigenvalue weighted by molar-refractivity contribution is -0.00697. The number of hydrogen-bond acceptors (Lipinski definition) is 5. The van der Waals surface area contributed by atoms with E-state index in [0.717, 1.165) is 18.4 Å². The topological polar surface area (TPSA) is 77.3 Å². The standard InChI is InChI=1S/C21H22N4O3/c1-24-20(26)18-9-3-2-8-17(18)19(23-24)21(27)25-11-5-7-16(13-25)28-14-15-6-4-10-22-12-15/h2-4,6,8-10,12,16H,5,7,11,13-14H2,1H3. The Morgan fingerprint density at radius 1 is 1.21 bits per heavy atom. The van der Waals surface area contributed by atoms with Crippen LogP contribution in [-0.2, 0) is 18.4 Å². The third-order valence-corrected chi connectivity index (χ3v) is 5.03. The lowest BCUT2D eigenvalue weighted by Crippen LogP contribution is -2.44. The number of hydrogen-bond donors (Lipinski definition) is 0. The minimum atomic E-state index is -0.205. The van der Waals surface area contributed by atoms with Crippen molar-refractivity contribution in [3.8, 4) is 0 Å². The van der Waals surface area contributed by atoms with Gasteiger partial charge >= 0.3 is 0 Å². The average Bonchev–Trinajstić information content (AvgIpc) is 2.75. The van der Waals surface area contributed by atoms with Gasteiger partial charge in [0.1, 0.15) is 0 Å². The van der Waals surface area contributed by atoms with Gasteiger partial charge in [-0.05, 0) is 30.5 Å². The van der Waals surface area contributed by atoms with Crippen LogP contribution >= 0.6 is 0 Å². The molecule has 7 heteroatoms. The fraction of sp³-hybridized carbons (Fsp3) is 0.333. The van der Waals surface area contributed by atoms with Gasteiger partial charge in [0, 0.05) is 37.9 Å². The second-order valence-corrected chi connectivity index (χ2v) is 7.01. The van der Waals surface area contributed by atoms with Crippen molar-refractivity contribution in [2.45, 2.75) is 25.6 Å². The molecule has 0 aliphatic carbocycles. The monoisotopic (exact) mass is 378 g/mol. The molecule has 28 heavy (non-hydrogen) atoms. The summed E-state index contributed by atoms with van der Waals surface area (Å²) in [5.74, 6) is -0.165. The van der Waals surface area contributed by atoms with Crippen molar-refractivity contribution in [2.24, 2.45) is 7.05 Å². The number of nitrogens with zero attached hydrogens (tertiary/aromatic N) is 4. The van der Waals surface area contributed by atoms with Crippen molar-refractivity contribution in [2.75, 3.05) is 13.1 Å². The van der Waals surface area contributed by atoms with Gasteiger partial charge in [-0.2, -0.15) is 5.10 Å². The Hall–Kier alpha value is -3.06. The molecule has 1 aliphatic rings. The Morgan fingerprint density at radius 3 is 2.82 bits per heavy atom. The summed E-state index contributed by atoms with van der Waals surface area (Å²) in [5, 5.41) is 5.35. The summed E-state index contributed by atoms with van der Waals surface area (Å²) < 4.78 is 7.24. The number of fused-ring (bicyclic) bond motifs is 1. The predicted octanol–water partition coefficient (Wildman–Crippen LogP) is 2.15. The third-order valence-electron chi connectivity index (χ3n) is 5.03. The van der Waals surface area contributed by atoms with Crippen molar-refractivity contribution in [1.29, 1.82) is 0 Å². The van der Waals surface area contributed by atoms with Crippen molar-refractivity contribution in [1.82, 2.24) is 19.7 Å². The van der Waals surface area contributed by atoms with E-state index < -0.39 is 0 Å². The van der Waals surface area contributed by atoms with Crippen molar-refractivity contribution in [3.63, 3.8) is 0 Å². The molecule has 0 radical (unpaired) electrons. The van der Waals surface area contributed by atoms with E-state index in [1.54, 1.807) is 42.5 Å². The summed E-state index contributed by atoms with van der Waals surface area (Å²) in [4.78, 5) is 31.4. The molecule has 0 spiro atoms. The highest BCUT2D eigenvalue weighted by Crippen LogP contribution is 2.20. The van der Waals surface area contributed by atoms with E-state index in [-0.39, 0.29) is 17.6 Å². The number of piperidine rings is 1. The first-order valence-corrected chi connectivity index (χ1v) is 9.39. The van der Waals surface area contributed by atoms with Gasteiger partial charge in [0.15, 0.2) is 5.69 Å². The molecule has 1 aromatic carbocycles. The molecule has 3 heterocycles. The Kier molecular flexibility index (Phi) is 5.16. The molecule has 0 N–H and O–H groups in total. The van der Waals surface area contributed by atoms with Crippen LogP contribution in [0.4, 0.5) is 0 Å². The highest BCUT2D eigenvalue weighted by atomic mass is 16.5. The molecule has 0 saturated carbocycles. The van der Waals surface area contributed by atoms with E-state index in [1.807, 2.05) is 18.2 Å². The number of likely N-dealkylation sites (tertiary alicyclic amines) is 1. The van der Waals surface area contributed by atoms with Crippen LogP contribution in [0.15, 0.2) is 53.6 Å². The third kappa shape index (κ3) is 3.66. The lowest BCUT2D eigenvalue weighted by atomic mass is 10.1. The first-order chi connectivity index (χ1) is 13.6. The van der Waals surface area contributed by atoms with Gasteiger partial charge < -0.3 is 9.64 Å². The summed E-state index contributed by atoms with van der Waals surface area (Å²) >= 11 is 0. The molecule has 2 aromatic heterocycles. The van der Waals surface area contributed by atoms with Crippen LogP contribution in [0, 0.1) is 0 Å². The average molecular weight is 378 g/mol. The van der Waals surface area contributed by atoms with Gasteiger partial charge in [0.2, 0.25) is 0 Å². The number of aromatic nitrogens is 3. The number of amides is 1. The molecule has 4 rings (SSSR count). The van der Waals surface area contributed by atoms with Gasteiger partial charge in [-0.15, -0.1) is 0 Å². The second-order valence-electron chi connectivity index (χ2n) is 7.01. The van der Waals surface area contributed by atoms with E-state index in [4.69, 9.17) is 4.74 Å². The number of pyridine rings is 1. The maximum Gasteiger partial charge on any atom is 0.275 e. The molecule has 1 amide bonds. The van der Waals surface area contributed by atoms with Gasteiger partial charge in [-0.25, -0.2) is 4.68 Å². The van der Waals surface area contributed by atoms with E-state index in [2.05, 4.69) is 10.1 Å². The summed E-state index contributed by atoms with van der Waals surface area (Å²) in [5.41, 5.74) is 1.12. The molecule has 1 fully saturated rings. The van der Waals surface area contributed by atoms with Crippen molar-refractivity contribution >= 4 is 16.7 Å². The van der Waals surface area contributed by atoms with Crippen molar-refractivity contribution < 1.29 is 9.53 Å². The Morgan fingerprint density at radius 2 is 2.04 bits per heavy atom. The van der Waals surface area contributed by atoms with Gasteiger partial charge in [-0.1, -0.05) is 24.3 Å². The summed E-state index contributed by atoms with van der Waals surface area (Å²) in [6.45, 7) is 1.64. The molecule has 1 saturated heterocycles. The summed E-state index contributed by atoms with van der Waals surface area (Å²) in [7, 11) is 1.57. The van der Waals surface area contributed by atoms with E-state index >= 15 is 0 Å². The Bertz CT molecular complexity index is 1050. The van der Waals surface area contributed by atoms with E-state index in [1.165, 1.54) is 4.68 Å². The van der Waals surface area contributed by atoms with Crippen LogP contribution in [0.2, 0.25) is 0 Å². The number of carbonyl (C=O) groups is 1. The van der Waals surface area contributed by atoms with Crippen LogP contribution in [0.25, 0.3) is 10.8 Å². The normalized spacial score (nSPS) is 17.0. The van der Waals surface area contributed by atoms with Crippen LogP contribution in [-0.4, -0.2) is 44.8 Å². The molecule has 0 bridgehead atoms. The minimum absolute atomic E-state index is 0.0308. The zero-order valence-electron chi connectivity index (χ0n) is 15.7. The molecule has 1 aliphatic heterocycles.